The maximum absolute atomic E-state index is 9.03. The van der Waals surface area contributed by atoms with Gasteiger partial charge in [0.05, 0.1) is 0 Å². The zero-order chi connectivity index (χ0) is 14.4. The van der Waals surface area contributed by atoms with E-state index in [4.69, 9.17) is 5.11 Å². The molecule has 0 radical (unpaired) electrons. The third-order valence-electron chi connectivity index (χ3n) is 3.80. The smallest absolute Gasteiger partial charge is 0.134 e. The van der Waals surface area contributed by atoms with E-state index in [0.29, 0.717) is 6.04 Å². The van der Waals surface area contributed by atoms with E-state index in [9.17, 15) is 0 Å². The number of aliphatic hydroxyl groups is 1. The van der Waals surface area contributed by atoms with Crippen LogP contribution in [0.2, 0.25) is 0 Å². The summed E-state index contributed by atoms with van der Waals surface area (Å²) in [7, 11) is 0. The van der Waals surface area contributed by atoms with Gasteiger partial charge in [-0.05, 0) is 32.6 Å². The van der Waals surface area contributed by atoms with Gasteiger partial charge in [-0.15, -0.1) is 0 Å². The van der Waals surface area contributed by atoms with E-state index in [1.807, 2.05) is 0 Å². The first-order valence-electron chi connectivity index (χ1n) is 7.77. The highest BCUT2D eigenvalue weighted by molar-refractivity contribution is 5.50. The standard InChI is InChI=1S/C15H26N4O/c1-3-13-17-14(16-4-2)11-15(18-13)19-9-5-7-12(19)8-6-10-20/h11-12,20H,3-10H2,1-2H3,(H,16,17,18). The van der Waals surface area contributed by atoms with E-state index >= 15 is 0 Å². The second-order valence-electron chi connectivity index (χ2n) is 5.27. The highest BCUT2D eigenvalue weighted by atomic mass is 16.2. The Morgan fingerprint density at radius 1 is 1.40 bits per heavy atom. The fraction of sp³-hybridized carbons (Fsp3) is 0.733. The molecule has 0 bridgehead atoms. The lowest BCUT2D eigenvalue weighted by atomic mass is 10.1. The lowest BCUT2D eigenvalue weighted by Crippen LogP contribution is -2.30. The van der Waals surface area contributed by atoms with Gasteiger partial charge in [0.15, 0.2) is 0 Å². The van der Waals surface area contributed by atoms with Gasteiger partial charge >= 0.3 is 0 Å². The van der Waals surface area contributed by atoms with Crippen molar-refractivity contribution in [3.8, 4) is 0 Å². The molecule has 1 unspecified atom stereocenters. The first kappa shape index (κ1) is 15.0. The molecule has 1 aliphatic heterocycles. The first-order valence-corrected chi connectivity index (χ1v) is 7.77. The largest absolute Gasteiger partial charge is 0.396 e. The van der Waals surface area contributed by atoms with Crippen LogP contribution in [0.5, 0.6) is 0 Å². The maximum Gasteiger partial charge on any atom is 0.134 e. The van der Waals surface area contributed by atoms with E-state index in [0.717, 1.165) is 49.8 Å². The Balaban J connectivity index is 2.19. The summed E-state index contributed by atoms with van der Waals surface area (Å²) in [5.41, 5.74) is 0. The molecule has 1 aromatic rings. The molecule has 1 fully saturated rings. The van der Waals surface area contributed by atoms with Crippen molar-refractivity contribution in [3.63, 3.8) is 0 Å². The van der Waals surface area contributed by atoms with Gasteiger partial charge in [-0.1, -0.05) is 6.92 Å². The molecule has 2 N–H and O–H groups in total. The number of nitrogens with one attached hydrogen (secondary N) is 1. The zero-order valence-electron chi connectivity index (χ0n) is 12.6. The molecule has 5 nitrogen and oxygen atoms in total. The highest BCUT2D eigenvalue weighted by Gasteiger charge is 2.25. The molecule has 2 rings (SSSR count). The van der Waals surface area contributed by atoms with E-state index in [1.54, 1.807) is 0 Å². The zero-order valence-corrected chi connectivity index (χ0v) is 12.6. The van der Waals surface area contributed by atoms with Crippen molar-refractivity contribution < 1.29 is 5.11 Å². The van der Waals surface area contributed by atoms with Crippen molar-refractivity contribution in [2.75, 3.05) is 29.9 Å². The first-order chi connectivity index (χ1) is 9.78. The molecule has 1 aliphatic rings. The maximum atomic E-state index is 9.03. The van der Waals surface area contributed by atoms with Crippen LogP contribution in [0.15, 0.2) is 6.07 Å². The Morgan fingerprint density at radius 2 is 2.25 bits per heavy atom. The number of hydrogen-bond acceptors (Lipinski definition) is 5. The molecule has 0 aromatic carbocycles. The number of nitrogens with zero attached hydrogens (tertiary/aromatic N) is 3. The molecule has 112 valence electrons. The average molecular weight is 278 g/mol. The second-order valence-corrected chi connectivity index (χ2v) is 5.27. The lowest BCUT2D eigenvalue weighted by molar-refractivity contribution is 0.279. The van der Waals surface area contributed by atoms with Gasteiger partial charge in [0.2, 0.25) is 0 Å². The van der Waals surface area contributed by atoms with Crippen LogP contribution in [-0.2, 0) is 6.42 Å². The Hall–Kier alpha value is -1.36. The Morgan fingerprint density at radius 3 is 2.95 bits per heavy atom. The monoisotopic (exact) mass is 278 g/mol. The quantitative estimate of drug-likeness (QED) is 0.801. The van der Waals surface area contributed by atoms with E-state index < -0.39 is 0 Å². The van der Waals surface area contributed by atoms with Crippen LogP contribution in [0, 0.1) is 0 Å². The van der Waals surface area contributed by atoms with Crippen LogP contribution in [-0.4, -0.2) is 40.8 Å². The Bertz CT molecular complexity index is 424. The predicted octanol–water partition coefficient (Wildman–Crippen LogP) is 2.21. The molecule has 2 heterocycles. The van der Waals surface area contributed by atoms with Gasteiger partial charge in [-0.2, -0.15) is 0 Å². The molecule has 1 aromatic heterocycles. The third kappa shape index (κ3) is 3.60. The normalized spacial score (nSPS) is 18.6. The van der Waals surface area contributed by atoms with Gasteiger partial charge in [0.25, 0.3) is 0 Å². The summed E-state index contributed by atoms with van der Waals surface area (Å²) in [6.07, 6.45) is 5.16. The lowest BCUT2D eigenvalue weighted by Gasteiger charge is -2.26. The summed E-state index contributed by atoms with van der Waals surface area (Å²) in [6.45, 7) is 6.36. The summed E-state index contributed by atoms with van der Waals surface area (Å²) in [5.74, 6) is 2.85. The molecule has 0 spiro atoms. The number of aliphatic hydroxyl groups excluding tert-OH is 1. The Kier molecular flexibility index (Phi) is 5.59. The van der Waals surface area contributed by atoms with Crippen LogP contribution in [0.1, 0.15) is 45.4 Å². The topological polar surface area (TPSA) is 61.3 Å². The molecule has 0 saturated carbocycles. The summed E-state index contributed by atoms with van der Waals surface area (Å²) < 4.78 is 0. The molecular weight excluding hydrogens is 252 g/mol. The van der Waals surface area contributed by atoms with Gasteiger partial charge in [0, 0.05) is 38.2 Å². The summed E-state index contributed by atoms with van der Waals surface area (Å²) in [4.78, 5) is 11.6. The minimum absolute atomic E-state index is 0.275. The van der Waals surface area contributed by atoms with E-state index in [1.165, 1.54) is 12.8 Å². The van der Waals surface area contributed by atoms with Crippen molar-refractivity contribution in [1.29, 1.82) is 0 Å². The van der Waals surface area contributed by atoms with E-state index in [-0.39, 0.29) is 6.61 Å². The average Bonchev–Trinajstić information content (AvgIpc) is 2.93. The van der Waals surface area contributed by atoms with E-state index in [2.05, 4.69) is 40.1 Å². The minimum Gasteiger partial charge on any atom is -0.396 e. The number of anilines is 2. The van der Waals surface area contributed by atoms with Crippen molar-refractivity contribution >= 4 is 11.6 Å². The van der Waals surface area contributed by atoms with Crippen LogP contribution < -0.4 is 10.2 Å². The fourth-order valence-corrected chi connectivity index (χ4v) is 2.82. The van der Waals surface area contributed by atoms with Crippen LogP contribution in [0.4, 0.5) is 11.6 Å². The summed E-state index contributed by atoms with van der Waals surface area (Å²) in [5, 5.41) is 12.3. The SMILES string of the molecule is CCNc1cc(N2CCCC2CCCO)nc(CC)n1. The molecular formula is C15H26N4O. The van der Waals surface area contributed by atoms with Gasteiger partial charge in [0.1, 0.15) is 17.5 Å². The van der Waals surface area contributed by atoms with Crippen molar-refractivity contribution in [2.24, 2.45) is 0 Å². The number of aryl methyl sites for hydroxylation is 1. The van der Waals surface area contributed by atoms with Gasteiger partial charge in [-0.3, -0.25) is 0 Å². The van der Waals surface area contributed by atoms with Gasteiger partial charge < -0.3 is 15.3 Å². The van der Waals surface area contributed by atoms with Crippen molar-refractivity contribution in [1.82, 2.24) is 9.97 Å². The molecule has 5 heteroatoms. The number of hydrogen-bond donors (Lipinski definition) is 2. The molecule has 1 atom stereocenters. The van der Waals surface area contributed by atoms with Crippen molar-refractivity contribution in [3.05, 3.63) is 11.9 Å². The molecule has 20 heavy (non-hydrogen) atoms. The fourth-order valence-electron chi connectivity index (χ4n) is 2.82. The summed E-state index contributed by atoms with van der Waals surface area (Å²) >= 11 is 0. The number of aromatic nitrogens is 2. The molecule has 1 saturated heterocycles. The third-order valence-corrected chi connectivity index (χ3v) is 3.80. The summed E-state index contributed by atoms with van der Waals surface area (Å²) in [6, 6.07) is 2.57. The minimum atomic E-state index is 0.275. The second kappa shape index (κ2) is 7.43. The number of rotatable bonds is 7. The molecule has 0 amide bonds. The highest BCUT2D eigenvalue weighted by Crippen LogP contribution is 2.28. The predicted molar refractivity (Wildman–Crippen MR) is 82.3 cm³/mol. The van der Waals surface area contributed by atoms with Crippen LogP contribution in [0.3, 0.4) is 0 Å². The van der Waals surface area contributed by atoms with Gasteiger partial charge in [-0.25, -0.2) is 9.97 Å². The van der Waals surface area contributed by atoms with Crippen LogP contribution >= 0.6 is 0 Å². The van der Waals surface area contributed by atoms with Crippen LogP contribution in [0.25, 0.3) is 0 Å². The molecule has 0 aliphatic carbocycles. The van der Waals surface area contributed by atoms with Crippen molar-refractivity contribution in [2.45, 2.75) is 52.0 Å². The Labute approximate surface area is 121 Å².